The predicted octanol–water partition coefficient (Wildman–Crippen LogP) is 1.27. The second kappa shape index (κ2) is 5.02. The van der Waals surface area contributed by atoms with Gasteiger partial charge in [-0.25, -0.2) is 0 Å². The van der Waals surface area contributed by atoms with Crippen molar-refractivity contribution < 1.29 is 14.6 Å². The summed E-state index contributed by atoms with van der Waals surface area (Å²) >= 11 is 0. The lowest BCUT2D eigenvalue weighted by Gasteiger charge is -2.18. The van der Waals surface area contributed by atoms with E-state index >= 15 is 0 Å². The molecule has 1 aliphatic rings. The minimum Gasteiger partial charge on any atom is -0.466 e. The maximum atomic E-state index is 11.1. The van der Waals surface area contributed by atoms with Crippen LogP contribution in [-0.4, -0.2) is 23.8 Å². The standard InChI is InChI=1S/C10H16O3/c1-2-13-10(12)7-8-3-5-9(11)6-4-8/h3,5,8-9,11H,2,4,6-7H2,1H3/t8-,9-/m1/s1. The lowest BCUT2D eigenvalue weighted by atomic mass is 9.92. The summed E-state index contributed by atoms with van der Waals surface area (Å²) in [4.78, 5) is 11.1. The van der Waals surface area contributed by atoms with Crippen LogP contribution in [-0.2, 0) is 9.53 Å². The van der Waals surface area contributed by atoms with Gasteiger partial charge >= 0.3 is 5.97 Å². The molecule has 0 radical (unpaired) electrons. The Labute approximate surface area is 78.4 Å². The molecular weight excluding hydrogens is 168 g/mol. The lowest BCUT2D eigenvalue weighted by molar-refractivity contribution is -0.144. The van der Waals surface area contributed by atoms with Crippen LogP contribution in [0.15, 0.2) is 12.2 Å². The molecule has 3 heteroatoms. The number of aliphatic hydroxyl groups is 1. The fourth-order valence-electron chi connectivity index (χ4n) is 1.47. The fourth-order valence-corrected chi connectivity index (χ4v) is 1.47. The molecule has 2 atom stereocenters. The van der Waals surface area contributed by atoms with Crippen LogP contribution in [0.2, 0.25) is 0 Å². The zero-order valence-corrected chi connectivity index (χ0v) is 7.90. The Morgan fingerprint density at radius 1 is 1.54 bits per heavy atom. The molecule has 0 amide bonds. The minimum atomic E-state index is -0.321. The van der Waals surface area contributed by atoms with Crippen molar-refractivity contribution >= 4 is 5.97 Å². The first-order valence-corrected chi connectivity index (χ1v) is 4.74. The van der Waals surface area contributed by atoms with Crippen molar-refractivity contribution in [2.24, 2.45) is 5.92 Å². The van der Waals surface area contributed by atoms with Gasteiger partial charge in [0.15, 0.2) is 0 Å². The predicted molar refractivity (Wildman–Crippen MR) is 49.1 cm³/mol. The van der Waals surface area contributed by atoms with Gasteiger partial charge in [0.1, 0.15) is 0 Å². The van der Waals surface area contributed by atoms with E-state index in [1.165, 1.54) is 0 Å². The molecule has 0 bridgehead atoms. The largest absolute Gasteiger partial charge is 0.466 e. The maximum absolute atomic E-state index is 11.1. The highest BCUT2D eigenvalue weighted by atomic mass is 16.5. The smallest absolute Gasteiger partial charge is 0.306 e. The Balaban J connectivity index is 2.30. The number of hydrogen-bond donors (Lipinski definition) is 1. The van der Waals surface area contributed by atoms with Gasteiger partial charge in [0.25, 0.3) is 0 Å². The number of ether oxygens (including phenoxy) is 1. The van der Waals surface area contributed by atoms with Gasteiger partial charge in [0.05, 0.1) is 19.1 Å². The summed E-state index contributed by atoms with van der Waals surface area (Å²) in [7, 11) is 0. The number of esters is 1. The molecule has 0 spiro atoms. The van der Waals surface area contributed by atoms with E-state index in [4.69, 9.17) is 9.84 Å². The van der Waals surface area contributed by atoms with E-state index in [1.54, 1.807) is 13.0 Å². The molecule has 0 aromatic carbocycles. The fraction of sp³-hybridized carbons (Fsp3) is 0.700. The molecule has 0 aliphatic heterocycles. The van der Waals surface area contributed by atoms with Crippen LogP contribution >= 0.6 is 0 Å². The van der Waals surface area contributed by atoms with E-state index in [0.717, 1.165) is 12.8 Å². The average molecular weight is 184 g/mol. The summed E-state index contributed by atoms with van der Waals surface area (Å²) in [5.74, 6) is 0.107. The Kier molecular flexibility index (Phi) is 3.96. The number of allylic oxidation sites excluding steroid dienone is 1. The molecule has 0 fully saturated rings. The molecule has 0 heterocycles. The molecule has 74 valence electrons. The molecule has 3 nitrogen and oxygen atoms in total. The highest BCUT2D eigenvalue weighted by molar-refractivity contribution is 5.69. The molecule has 0 saturated carbocycles. The summed E-state index contributed by atoms with van der Waals surface area (Å²) in [5, 5.41) is 9.16. The Bertz CT molecular complexity index is 198. The van der Waals surface area contributed by atoms with Crippen LogP contribution in [0.3, 0.4) is 0 Å². The van der Waals surface area contributed by atoms with Crippen LogP contribution < -0.4 is 0 Å². The molecule has 13 heavy (non-hydrogen) atoms. The summed E-state index contributed by atoms with van der Waals surface area (Å²) in [6, 6.07) is 0. The van der Waals surface area contributed by atoms with Gasteiger partial charge in [-0.15, -0.1) is 0 Å². The summed E-state index contributed by atoms with van der Waals surface area (Å²) in [6.07, 6.45) is 5.41. The minimum absolute atomic E-state index is 0.145. The first-order chi connectivity index (χ1) is 6.22. The van der Waals surface area contributed by atoms with Crippen molar-refractivity contribution in [1.82, 2.24) is 0 Å². The first kappa shape index (κ1) is 10.3. The average Bonchev–Trinajstić information content (AvgIpc) is 2.09. The molecule has 1 N–H and O–H groups in total. The van der Waals surface area contributed by atoms with E-state index in [-0.39, 0.29) is 18.0 Å². The van der Waals surface area contributed by atoms with E-state index in [0.29, 0.717) is 13.0 Å². The van der Waals surface area contributed by atoms with Gasteiger partial charge in [0, 0.05) is 0 Å². The normalized spacial score (nSPS) is 27.2. The van der Waals surface area contributed by atoms with Crippen LogP contribution in [0.25, 0.3) is 0 Å². The number of rotatable bonds is 3. The molecule has 0 aromatic rings. The monoisotopic (exact) mass is 184 g/mol. The van der Waals surface area contributed by atoms with Crippen LogP contribution in [0.4, 0.5) is 0 Å². The third kappa shape index (κ3) is 3.59. The Morgan fingerprint density at radius 3 is 2.85 bits per heavy atom. The molecule has 0 unspecified atom stereocenters. The van der Waals surface area contributed by atoms with Crippen molar-refractivity contribution in [3.63, 3.8) is 0 Å². The molecule has 1 rings (SSSR count). The van der Waals surface area contributed by atoms with Crippen molar-refractivity contribution in [3.8, 4) is 0 Å². The third-order valence-corrected chi connectivity index (χ3v) is 2.17. The Hall–Kier alpha value is -0.830. The van der Waals surface area contributed by atoms with E-state index in [1.807, 2.05) is 6.08 Å². The molecule has 0 aromatic heterocycles. The number of carbonyl (C=O) groups is 1. The van der Waals surface area contributed by atoms with Crippen molar-refractivity contribution in [1.29, 1.82) is 0 Å². The van der Waals surface area contributed by atoms with Gasteiger partial charge < -0.3 is 9.84 Å². The van der Waals surface area contributed by atoms with Crippen LogP contribution in [0, 0.1) is 5.92 Å². The molecule has 0 saturated heterocycles. The van der Waals surface area contributed by atoms with Gasteiger partial charge in [-0.3, -0.25) is 4.79 Å². The van der Waals surface area contributed by atoms with E-state index in [9.17, 15) is 4.79 Å². The second-order valence-electron chi connectivity index (χ2n) is 3.30. The van der Waals surface area contributed by atoms with Crippen molar-refractivity contribution in [2.45, 2.75) is 32.3 Å². The zero-order chi connectivity index (χ0) is 9.68. The van der Waals surface area contributed by atoms with E-state index < -0.39 is 0 Å². The number of hydrogen-bond acceptors (Lipinski definition) is 3. The summed E-state index contributed by atoms with van der Waals surface area (Å²) < 4.78 is 4.84. The highest BCUT2D eigenvalue weighted by Gasteiger charge is 2.17. The van der Waals surface area contributed by atoms with Crippen molar-refractivity contribution in [2.75, 3.05) is 6.61 Å². The van der Waals surface area contributed by atoms with Crippen LogP contribution in [0.5, 0.6) is 0 Å². The highest BCUT2D eigenvalue weighted by Crippen LogP contribution is 2.20. The maximum Gasteiger partial charge on any atom is 0.306 e. The quantitative estimate of drug-likeness (QED) is 0.530. The first-order valence-electron chi connectivity index (χ1n) is 4.74. The van der Waals surface area contributed by atoms with Crippen molar-refractivity contribution in [3.05, 3.63) is 12.2 Å². The van der Waals surface area contributed by atoms with Gasteiger partial charge in [-0.1, -0.05) is 12.2 Å². The van der Waals surface area contributed by atoms with Gasteiger partial charge in [0.2, 0.25) is 0 Å². The zero-order valence-electron chi connectivity index (χ0n) is 7.90. The number of carbonyl (C=O) groups excluding carboxylic acids is 1. The summed E-state index contributed by atoms with van der Waals surface area (Å²) in [5.41, 5.74) is 0. The van der Waals surface area contributed by atoms with Gasteiger partial charge in [-0.2, -0.15) is 0 Å². The topological polar surface area (TPSA) is 46.5 Å². The second-order valence-corrected chi connectivity index (χ2v) is 3.30. The van der Waals surface area contributed by atoms with E-state index in [2.05, 4.69) is 0 Å². The molecular formula is C10H16O3. The SMILES string of the molecule is CCOC(=O)C[C@@H]1C=C[C@@H](O)CC1. The lowest BCUT2D eigenvalue weighted by Crippen LogP contribution is -2.16. The van der Waals surface area contributed by atoms with Crippen LogP contribution in [0.1, 0.15) is 26.2 Å². The third-order valence-electron chi connectivity index (χ3n) is 2.17. The summed E-state index contributed by atoms with van der Waals surface area (Å²) in [6.45, 7) is 2.25. The number of aliphatic hydroxyl groups excluding tert-OH is 1. The Morgan fingerprint density at radius 2 is 2.31 bits per heavy atom. The van der Waals surface area contributed by atoms with Gasteiger partial charge in [-0.05, 0) is 25.7 Å². The molecule has 1 aliphatic carbocycles.